The van der Waals surface area contributed by atoms with Gasteiger partial charge in [0.2, 0.25) is 0 Å². The van der Waals surface area contributed by atoms with Crippen molar-refractivity contribution in [2.45, 2.75) is 39.3 Å². The Bertz CT molecular complexity index is 623. The minimum absolute atomic E-state index is 0.568. The van der Waals surface area contributed by atoms with Gasteiger partial charge in [0.15, 0.2) is 0 Å². The Labute approximate surface area is 127 Å². The summed E-state index contributed by atoms with van der Waals surface area (Å²) in [6, 6.07) is 11.3. The van der Waals surface area contributed by atoms with E-state index < -0.39 is 0 Å². The first-order valence-corrected chi connectivity index (χ1v) is 7.99. The van der Waals surface area contributed by atoms with Crippen molar-refractivity contribution >= 4 is 16.7 Å². The van der Waals surface area contributed by atoms with Gasteiger partial charge in [0.05, 0.1) is 5.52 Å². The van der Waals surface area contributed by atoms with Gasteiger partial charge in [0.25, 0.3) is 0 Å². The maximum absolute atomic E-state index is 4.98. The minimum Gasteiger partial charge on any atom is -0.354 e. The smallest absolute Gasteiger partial charge is 0.134 e. The molecule has 0 aliphatic carbocycles. The zero-order valence-electron chi connectivity index (χ0n) is 13.3. The third-order valence-electron chi connectivity index (χ3n) is 4.56. The Morgan fingerprint density at radius 1 is 1.29 bits per heavy atom. The summed E-state index contributed by atoms with van der Waals surface area (Å²) in [6.07, 6.45) is 2.52. The van der Waals surface area contributed by atoms with Gasteiger partial charge in [0, 0.05) is 30.1 Å². The van der Waals surface area contributed by atoms with Crippen LogP contribution in [0.25, 0.3) is 10.9 Å². The summed E-state index contributed by atoms with van der Waals surface area (Å²) < 4.78 is 0. The van der Waals surface area contributed by atoms with E-state index in [1.165, 1.54) is 29.6 Å². The number of aromatic nitrogens is 1. The highest BCUT2D eigenvalue weighted by Crippen LogP contribution is 2.30. The molecule has 1 saturated heterocycles. The predicted octanol–water partition coefficient (Wildman–Crippen LogP) is 3.58. The lowest BCUT2D eigenvalue weighted by Crippen LogP contribution is -2.41. The first-order valence-electron chi connectivity index (χ1n) is 7.99. The molecule has 1 aliphatic rings. The topological polar surface area (TPSA) is 28.2 Å². The quantitative estimate of drug-likeness (QED) is 0.933. The molecule has 1 aromatic carbocycles. The first-order chi connectivity index (χ1) is 10.2. The lowest BCUT2D eigenvalue weighted by molar-refractivity contribution is 0.375. The average Bonchev–Trinajstić information content (AvgIpc) is 2.47. The van der Waals surface area contributed by atoms with E-state index in [1.807, 2.05) is 7.05 Å². The molecule has 0 radical (unpaired) electrons. The fourth-order valence-electron chi connectivity index (χ4n) is 3.44. The number of rotatable bonds is 3. The molecule has 2 aromatic rings. The molecule has 3 rings (SSSR count). The largest absolute Gasteiger partial charge is 0.354 e. The van der Waals surface area contributed by atoms with Crippen molar-refractivity contribution in [1.29, 1.82) is 0 Å². The van der Waals surface area contributed by atoms with Crippen molar-refractivity contribution in [3.8, 4) is 0 Å². The number of hydrogen-bond donors (Lipinski definition) is 1. The number of fused-ring (bicyclic) bond motifs is 1. The van der Waals surface area contributed by atoms with Crippen molar-refractivity contribution in [3.63, 3.8) is 0 Å². The van der Waals surface area contributed by atoms with Crippen LogP contribution in [0.15, 0.2) is 30.3 Å². The summed E-state index contributed by atoms with van der Waals surface area (Å²) in [5.41, 5.74) is 2.40. The van der Waals surface area contributed by atoms with Gasteiger partial charge in [-0.1, -0.05) is 25.1 Å². The molecule has 0 saturated carbocycles. The molecule has 112 valence electrons. The number of anilines is 1. The molecule has 21 heavy (non-hydrogen) atoms. The normalized spacial score (nSPS) is 22.7. The van der Waals surface area contributed by atoms with Gasteiger partial charge in [-0.05, 0) is 44.9 Å². The van der Waals surface area contributed by atoms with Crippen molar-refractivity contribution in [1.82, 2.24) is 10.3 Å². The highest BCUT2D eigenvalue weighted by atomic mass is 15.2. The molecule has 2 heterocycles. The first kappa shape index (κ1) is 14.3. The van der Waals surface area contributed by atoms with Crippen LogP contribution < -0.4 is 10.2 Å². The molecular weight excluding hydrogens is 258 g/mol. The summed E-state index contributed by atoms with van der Waals surface area (Å²) in [6.45, 7) is 6.67. The molecule has 1 N–H and O–H groups in total. The lowest BCUT2D eigenvalue weighted by Gasteiger charge is -2.38. The molecule has 0 spiro atoms. The molecule has 0 bridgehead atoms. The third kappa shape index (κ3) is 2.88. The number of hydrogen-bond acceptors (Lipinski definition) is 3. The van der Waals surface area contributed by atoms with Crippen LogP contribution in [0, 0.1) is 5.92 Å². The Hall–Kier alpha value is -1.61. The van der Waals surface area contributed by atoms with Crippen LogP contribution in [-0.2, 0) is 6.54 Å². The Kier molecular flexibility index (Phi) is 4.11. The molecule has 0 amide bonds. The van der Waals surface area contributed by atoms with E-state index in [1.54, 1.807) is 0 Å². The van der Waals surface area contributed by atoms with Gasteiger partial charge in [0.1, 0.15) is 5.82 Å². The fraction of sp³-hybridized carbons (Fsp3) is 0.500. The fourth-order valence-corrected chi connectivity index (χ4v) is 3.44. The monoisotopic (exact) mass is 283 g/mol. The van der Waals surface area contributed by atoms with Crippen LogP contribution in [0.3, 0.4) is 0 Å². The van der Waals surface area contributed by atoms with Crippen molar-refractivity contribution in [2.24, 2.45) is 5.92 Å². The Balaban J connectivity index is 2.04. The highest BCUT2D eigenvalue weighted by Gasteiger charge is 2.25. The van der Waals surface area contributed by atoms with E-state index in [9.17, 15) is 0 Å². The van der Waals surface area contributed by atoms with Crippen molar-refractivity contribution in [2.75, 3.05) is 18.5 Å². The summed E-state index contributed by atoms with van der Waals surface area (Å²) >= 11 is 0. The SMILES string of the molecule is CNCc1cc2ccccc2nc1N1CCC(C)CC1C. The van der Waals surface area contributed by atoms with E-state index in [0.29, 0.717) is 6.04 Å². The number of benzene rings is 1. The van der Waals surface area contributed by atoms with Crippen molar-refractivity contribution in [3.05, 3.63) is 35.9 Å². The second-order valence-corrected chi connectivity index (χ2v) is 6.37. The van der Waals surface area contributed by atoms with Gasteiger partial charge in [-0.2, -0.15) is 0 Å². The summed E-state index contributed by atoms with van der Waals surface area (Å²) in [7, 11) is 2.00. The standard InChI is InChI=1S/C18H25N3/c1-13-8-9-21(14(2)10-13)18-16(12-19-3)11-15-6-4-5-7-17(15)20-18/h4-7,11,13-14,19H,8-10,12H2,1-3H3. The zero-order valence-corrected chi connectivity index (χ0v) is 13.3. The number of nitrogens with one attached hydrogen (secondary N) is 1. The number of pyridine rings is 1. The highest BCUT2D eigenvalue weighted by molar-refractivity contribution is 5.81. The van der Waals surface area contributed by atoms with Crippen LogP contribution in [0.2, 0.25) is 0 Å². The molecule has 1 fully saturated rings. The summed E-state index contributed by atoms with van der Waals surface area (Å²) in [5, 5.41) is 4.51. The van der Waals surface area contributed by atoms with Gasteiger partial charge < -0.3 is 10.2 Å². The van der Waals surface area contributed by atoms with Gasteiger partial charge >= 0.3 is 0 Å². The van der Waals surface area contributed by atoms with E-state index in [-0.39, 0.29) is 0 Å². The average molecular weight is 283 g/mol. The number of para-hydroxylation sites is 1. The van der Waals surface area contributed by atoms with Gasteiger partial charge in [-0.15, -0.1) is 0 Å². The second-order valence-electron chi connectivity index (χ2n) is 6.37. The van der Waals surface area contributed by atoms with Crippen LogP contribution >= 0.6 is 0 Å². The molecular formula is C18H25N3. The Morgan fingerprint density at radius 2 is 2.10 bits per heavy atom. The van der Waals surface area contributed by atoms with E-state index >= 15 is 0 Å². The minimum atomic E-state index is 0.568. The maximum atomic E-state index is 4.98. The summed E-state index contributed by atoms with van der Waals surface area (Å²) in [4.78, 5) is 7.48. The molecule has 3 nitrogen and oxygen atoms in total. The van der Waals surface area contributed by atoms with E-state index in [2.05, 4.69) is 54.4 Å². The Morgan fingerprint density at radius 3 is 2.86 bits per heavy atom. The van der Waals surface area contributed by atoms with Crippen LogP contribution in [0.5, 0.6) is 0 Å². The maximum Gasteiger partial charge on any atom is 0.134 e. The van der Waals surface area contributed by atoms with Crippen LogP contribution in [0.1, 0.15) is 32.3 Å². The van der Waals surface area contributed by atoms with E-state index in [0.717, 1.165) is 24.5 Å². The molecule has 3 heteroatoms. The molecule has 2 atom stereocenters. The zero-order chi connectivity index (χ0) is 14.8. The molecule has 1 aliphatic heterocycles. The van der Waals surface area contributed by atoms with Gasteiger partial charge in [-0.3, -0.25) is 0 Å². The number of piperidine rings is 1. The summed E-state index contributed by atoms with van der Waals surface area (Å²) in [5.74, 6) is 1.99. The molecule has 2 unspecified atom stereocenters. The van der Waals surface area contributed by atoms with E-state index in [4.69, 9.17) is 4.98 Å². The third-order valence-corrected chi connectivity index (χ3v) is 4.56. The van der Waals surface area contributed by atoms with Gasteiger partial charge in [-0.25, -0.2) is 4.98 Å². The van der Waals surface area contributed by atoms with Crippen molar-refractivity contribution < 1.29 is 0 Å². The number of nitrogens with zero attached hydrogens (tertiary/aromatic N) is 2. The molecule has 1 aromatic heterocycles. The predicted molar refractivity (Wildman–Crippen MR) is 89.7 cm³/mol. The van der Waals surface area contributed by atoms with Crippen LogP contribution in [-0.4, -0.2) is 24.6 Å². The second kappa shape index (κ2) is 6.02. The van der Waals surface area contributed by atoms with Crippen LogP contribution in [0.4, 0.5) is 5.82 Å². The lowest BCUT2D eigenvalue weighted by atomic mass is 9.93.